The first-order chi connectivity index (χ1) is 19.9. The number of rotatable bonds is 7. The van der Waals surface area contributed by atoms with Crippen molar-refractivity contribution in [3.63, 3.8) is 0 Å². The summed E-state index contributed by atoms with van der Waals surface area (Å²) in [5, 5.41) is 11.8. The van der Waals surface area contributed by atoms with E-state index in [1.54, 1.807) is 0 Å². The number of anilines is 2. The molecule has 0 saturated carbocycles. The molecule has 0 aliphatic carbocycles. The molecule has 1 amide bonds. The Morgan fingerprint density at radius 1 is 1.10 bits per heavy atom. The van der Waals surface area contributed by atoms with Gasteiger partial charge in [-0.05, 0) is 37.9 Å². The summed E-state index contributed by atoms with van der Waals surface area (Å²) < 4.78 is 20.0. The number of likely N-dealkylation sites (N-methyl/N-ethyl adjacent to an activating group) is 1. The van der Waals surface area contributed by atoms with Crippen molar-refractivity contribution in [3.05, 3.63) is 66.1 Å². The van der Waals surface area contributed by atoms with Gasteiger partial charge in [0.2, 0.25) is 0 Å². The molecular weight excluding hydrogens is 521 g/mol. The molecule has 0 spiro atoms. The number of nitriles is 1. The third kappa shape index (κ3) is 5.30. The lowest BCUT2D eigenvalue weighted by atomic mass is 10.1. The summed E-state index contributed by atoms with van der Waals surface area (Å²) in [6.45, 7) is 7.05. The Morgan fingerprint density at radius 3 is 2.71 bits per heavy atom. The van der Waals surface area contributed by atoms with Crippen LogP contribution in [-0.4, -0.2) is 77.6 Å². The molecule has 2 atom stereocenters. The Bertz CT molecular complexity index is 1520. The monoisotopic (exact) mass is 555 g/mol. The number of fused-ring (bicyclic) bond motifs is 2. The maximum absolute atomic E-state index is 13.8. The first-order valence-electron chi connectivity index (χ1n) is 14.2. The standard InChI is InChI=1S/C31H34FN7O2/c1-21(32)30(40)39-16-15-37(17-23(39)12-13-33)29-26-18-38(28-11-5-8-22-7-3-4-10-25(22)28)19-27(26)34-31(35-29)41-20-24-9-6-14-36(24)2/h3-5,7-8,10-11,23-24H,1,6,9,12,14-20H2,2H3/t23-,24-/m0/s1. The number of hydrogen-bond donors (Lipinski definition) is 0. The van der Waals surface area contributed by atoms with Crippen LogP contribution in [0.4, 0.5) is 15.9 Å². The summed E-state index contributed by atoms with van der Waals surface area (Å²) in [6, 6.07) is 17.0. The average Bonchev–Trinajstić information content (AvgIpc) is 3.60. The van der Waals surface area contributed by atoms with Crippen molar-refractivity contribution in [1.82, 2.24) is 19.8 Å². The number of carbonyl (C=O) groups excluding carboxylic acids is 1. The lowest BCUT2D eigenvalue weighted by molar-refractivity contribution is -0.131. The zero-order chi connectivity index (χ0) is 28.5. The molecule has 9 nitrogen and oxygen atoms in total. The molecule has 6 rings (SSSR count). The van der Waals surface area contributed by atoms with E-state index < -0.39 is 17.8 Å². The number of carbonyl (C=O) groups is 1. The van der Waals surface area contributed by atoms with Gasteiger partial charge in [-0.1, -0.05) is 43.0 Å². The van der Waals surface area contributed by atoms with Gasteiger partial charge >= 0.3 is 6.01 Å². The number of hydrogen-bond acceptors (Lipinski definition) is 8. The molecule has 2 aromatic carbocycles. The van der Waals surface area contributed by atoms with E-state index in [9.17, 15) is 14.4 Å². The average molecular weight is 556 g/mol. The highest BCUT2D eigenvalue weighted by Crippen LogP contribution is 2.37. The van der Waals surface area contributed by atoms with E-state index in [-0.39, 0.29) is 13.0 Å². The van der Waals surface area contributed by atoms with Crippen LogP contribution in [0.5, 0.6) is 6.01 Å². The van der Waals surface area contributed by atoms with Crippen molar-refractivity contribution in [3.8, 4) is 12.1 Å². The van der Waals surface area contributed by atoms with Crippen LogP contribution in [0.1, 0.15) is 30.5 Å². The van der Waals surface area contributed by atoms with Crippen molar-refractivity contribution in [1.29, 1.82) is 5.26 Å². The van der Waals surface area contributed by atoms with Crippen LogP contribution >= 0.6 is 0 Å². The predicted octanol–water partition coefficient (Wildman–Crippen LogP) is 4.04. The predicted molar refractivity (Wildman–Crippen MR) is 155 cm³/mol. The SMILES string of the molecule is C=C(F)C(=O)N1CCN(c2nc(OC[C@@H]3CCCN3C)nc3c2CN(c2cccc4ccccc24)C3)C[C@@H]1CC#N. The quantitative estimate of drug-likeness (QED) is 0.404. The molecule has 0 radical (unpaired) electrons. The molecule has 10 heteroatoms. The minimum absolute atomic E-state index is 0.0856. The highest BCUT2D eigenvalue weighted by Gasteiger charge is 2.36. The second-order valence-corrected chi connectivity index (χ2v) is 11.1. The second-order valence-electron chi connectivity index (χ2n) is 11.1. The number of ether oxygens (including phenoxy) is 1. The molecule has 41 heavy (non-hydrogen) atoms. The molecule has 0 unspecified atom stereocenters. The molecule has 3 aliphatic rings. The molecule has 3 aromatic rings. The zero-order valence-electron chi connectivity index (χ0n) is 23.3. The Balaban J connectivity index is 1.33. The number of likely N-dealkylation sites (tertiary alicyclic amines) is 1. The van der Waals surface area contributed by atoms with Crippen molar-refractivity contribution >= 4 is 28.2 Å². The summed E-state index contributed by atoms with van der Waals surface area (Å²) in [7, 11) is 2.11. The minimum atomic E-state index is -1.01. The molecule has 3 aliphatic heterocycles. The van der Waals surface area contributed by atoms with Gasteiger partial charge in [0.05, 0.1) is 30.8 Å². The summed E-state index contributed by atoms with van der Waals surface area (Å²) in [4.78, 5) is 30.4. The fraction of sp³-hybridized carbons (Fsp3) is 0.419. The Labute approximate surface area is 239 Å². The van der Waals surface area contributed by atoms with Gasteiger partial charge < -0.3 is 24.3 Å². The third-order valence-electron chi connectivity index (χ3n) is 8.53. The summed E-state index contributed by atoms with van der Waals surface area (Å²) >= 11 is 0. The molecule has 1 aromatic heterocycles. The van der Waals surface area contributed by atoms with Crippen LogP contribution in [0.3, 0.4) is 0 Å². The second kappa shape index (κ2) is 11.3. The lowest BCUT2D eigenvalue weighted by Gasteiger charge is -2.41. The third-order valence-corrected chi connectivity index (χ3v) is 8.53. The Kier molecular flexibility index (Phi) is 7.45. The number of aromatic nitrogens is 2. The van der Waals surface area contributed by atoms with Gasteiger partial charge in [0.1, 0.15) is 12.4 Å². The largest absolute Gasteiger partial charge is 0.462 e. The summed E-state index contributed by atoms with van der Waals surface area (Å²) in [5.41, 5.74) is 3.04. The number of halogens is 1. The van der Waals surface area contributed by atoms with Crippen molar-refractivity contribution in [2.24, 2.45) is 0 Å². The van der Waals surface area contributed by atoms with Crippen molar-refractivity contribution < 1.29 is 13.9 Å². The van der Waals surface area contributed by atoms with Crippen LogP contribution in [-0.2, 0) is 17.9 Å². The Hall–Kier alpha value is -4.23. The van der Waals surface area contributed by atoms with E-state index in [0.29, 0.717) is 44.8 Å². The van der Waals surface area contributed by atoms with E-state index in [0.717, 1.165) is 42.1 Å². The van der Waals surface area contributed by atoms with E-state index in [1.807, 2.05) is 6.07 Å². The van der Waals surface area contributed by atoms with Crippen molar-refractivity contribution in [2.45, 2.75) is 44.4 Å². The van der Waals surface area contributed by atoms with E-state index in [4.69, 9.17) is 14.7 Å². The van der Waals surface area contributed by atoms with Gasteiger partial charge in [0.15, 0.2) is 5.83 Å². The highest BCUT2D eigenvalue weighted by atomic mass is 19.1. The molecule has 4 heterocycles. The van der Waals surface area contributed by atoms with E-state index in [1.165, 1.54) is 15.7 Å². The number of piperazine rings is 1. The van der Waals surface area contributed by atoms with Crippen molar-refractivity contribution in [2.75, 3.05) is 49.6 Å². The van der Waals surface area contributed by atoms with Crippen LogP contribution < -0.4 is 14.5 Å². The topological polar surface area (TPSA) is 88.8 Å². The van der Waals surface area contributed by atoms with Gasteiger partial charge in [-0.3, -0.25) is 4.79 Å². The first-order valence-corrected chi connectivity index (χ1v) is 14.2. The van der Waals surface area contributed by atoms with Gasteiger partial charge in [-0.2, -0.15) is 15.2 Å². The van der Waals surface area contributed by atoms with Crippen LogP contribution in [0.25, 0.3) is 10.8 Å². The molecule has 2 saturated heterocycles. The summed E-state index contributed by atoms with van der Waals surface area (Å²) in [5.74, 6) is -1.02. The molecule has 212 valence electrons. The van der Waals surface area contributed by atoms with Crippen LogP contribution in [0, 0.1) is 11.3 Å². The molecular formula is C31H34FN7O2. The molecule has 0 bridgehead atoms. The van der Waals surface area contributed by atoms with Crippen LogP contribution in [0.15, 0.2) is 54.9 Å². The minimum Gasteiger partial charge on any atom is -0.462 e. The maximum atomic E-state index is 13.8. The fourth-order valence-corrected chi connectivity index (χ4v) is 6.31. The molecule has 2 fully saturated rings. The summed E-state index contributed by atoms with van der Waals surface area (Å²) in [6.07, 6.45) is 2.31. The number of nitrogens with zero attached hydrogens (tertiary/aromatic N) is 7. The molecule has 0 N–H and O–H groups in total. The van der Waals surface area contributed by atoms with Gasteiger partial charge in [0, 0.05) is 48.9 Å². The van der Waals surface area contributed by atoms with E-state index >= 15 is 0 Å². The smallest absolute Gasteiger partial charge is 0.318 e. The number of benzene rings is 2. The maximum Gasteiger partial charge on any atom is 0.318 e. The van der Waals surface area contributed by atoms with Gasteiger partial charge in [-0.15, -0.1) is 0 Å². The van der Waals surface area contributed by atoms with Crippen LogP contribution in [0.2, 0.25) is 0 Å². The Morgan fingerprint density at radius 2 is 1.93 bits per heavy atom. The number of amides is 1. The van der Waals surface area contributed by atoms with E-state index in [2.05, 4.69) is 70.8 Å². The first kappa shape index (κ1) is 27.0. The lowest BCUT2D eigenvalue weighted by Crippen LogP contribution is -2.55. The zero-order valence-corrected chi connectivity index (χ0v) is 23.3. The normalized spacial score (nSPS) is 20.8. The van der Waals surface area contributed by atoms with Gasteiger partial charge in [0.25, 0.3) is 5.91 Å². The highest BCUT2D eigenvalue weighted by molar-refractivity contribution is 5.94. The fourth-order valence-electron chi connectivity index (χ4n) is 6.31. The van der Waals surface area contributed by atoms with Gasteiger partial charge in [-0.25, -0.2) is 4.39 Å².